The molecule has 2 heterocycles. The second kappa shape index (κ2) is 6.58. The van der Waals surface area contributed by atoms with Crippen molar-refractivity contribution < 1.29 is 9.34 Å². The van der Waals surface area contributed by atoms with Crippen LogP contribution >= 0.6 is 11.6 Å². The van der Waals surface area contributed by atoms with E-state index in [0.717, 1.165) is 0 Å². The lowest BCUT2D eigenvalue weighted by Crippen LogP contribution is -2.22. The number of rotatable bonds is 4. The molecule has 0 bridgehead atoms. The summed E-state index contributed by atoms with van der Waals surface area (Å²) in [4.78, 5) is 23.3. The molecule has 0 N–H and O–H groups in total. The average Bonchev–Trinajstić information content (AvgIpc) is 3.28. The van der Waals surface area contributed by atoms with Gasteiger partial charge in [0.15, 0.2) is 5.76 Å². The Morgan fingerprint density at radius 2 is 1.67 bits per heavy atom. The van der Waals surface area contributed by atoms with Crippen LogP contribution in [0.15, 0.2) is 75.9 Å². The van der Waals surface area contributed by atoms with E-state index in [1.807, 2.05) is 6.07 Å². The smallest absolute Gasteiger partial charge is 0.397 e. The molecule has 4 aromatic rings. The maximum Gasteiger partial charge on any atom is 0.433 e. The van der Waals surface area contributed by atoms with Crippen LogP contribution in [0.25, 0.3) is 23.0 Å². The highest BCUT2D eigenvalue weighted by atomic mass is 35.5. The van der Waals surface area contributed by atoms with E-state index in [9.17, 15) is 14.9 Å². The Morgan fingerprint density at radius 1 is 0.963 bits per heavy atom. The zero-order valence-electron chi connectivity index (χ0n) is 13.7. The van der Waals surface area contributed by atoms with Crippen LogP contribution in [0, 0.1) is 10.1 Å². The third kappa shape index (κ3) is 3.02. The van der Waals surface area contributed by atoms with Gasteiger partial charge in [0.1, 0.15) is 4.92 Å². The van der Waals surface area contributed by atoms with Crippen LogP contribution in [-0.4, -0.2) is 19.3 Å². The molecule has 134 valence electrons. The standard InChI is InChI=1S/C18H11ClN4O4/c19-12-6-8-13(9-7-12)21-17(15-10-11-16(27-15)23(25)26)20-22(18(21)24)14-4-2-1-3-5-14/h1-11H. The Morgan fingerprint density at radius 3 is 2.30 bits per heavy atom. The predicted molar refractivity (Wildman–Crippen MR) is 98.5 cm³/mol. The Balaban J connectivity index is 1.97. The van der Waals surface area contributed by atoms with Crippen LogP contribution in [0.1, 0.15) is 0 Å². The summed E-state index contributed by atoms with van der Waals surface area (Å²) in [6.45, 7) is 0. The van der Waals surface area contributed by atoms with Crippen molar-refractivity contribution in [1.82, 2.24) is 14.3 Å². The molecule has 0 amide bonds. The normalized spacial score (nSPS) is 10.9. The van der Waals surface area contributed by atoms with Crippen molar-refractivity contribution in [1.29, 1.82) is 0 Å². The molecule has 0 saturated carbocycles. The highest BCUT2D eigenvalue weighted by Crippen LogP contribution is 2.26. The molecule has 8 nitrogen and oxygen atoms in total. The molecular formula is C18H11ClN4O4. The van der Waals surface area contributed by atoms with Gasteiger partial charge in [0.05, 0.1) is 17.4 Å². The number of halogens is 1. The molecule has 0 spiro atoms. The van der Waals surface area contributed by atoms with Gasteiger partial charge in [-0.3, -0.25) is 10.1 Å². The molecule has 27 heavy (non-hydrogen) atoms. The summed E-state index contributed by atoms with van der Waals surface area (Å²) in [5, 5.41) is 15.8. The lowest BCUT2D eigenvalue weighted by molar-refractivity contribution is -0.401. The number of benzene rings is 2. The number of para-hydroxylation sites is 1. The van der Waals surface area contributed by atoms with Gasteiger partial charge in [-0.2, -0.15) is 4.68 Å². The first-order valence-corrected chi connectivity index (χ1v) is 8.20. The number of furan rings is 1. The summed E-state index contributed by atoms with van der Waals surface area (Å²) in [5.74, 6) is -0.197. The van der Waals surface area contributed by atoms with Gasteiger partial charge in [-0.05, 0) is 42.5 Å². The number of hydrogen-bond donors (Lipinski definition) is 0. The van der Waals surface area contributed by atoms with Crippen LogP contribution in [0.5, 0.6) is 0 Å². The van der Waals surface area contributed by atoms with Crippen molar-refractivity contribution in [3.63, 3.8) is 0 Å². The first-order chi connectivity index (χ1) is 13.0. The molecule has 4 rings (SSSR count). The van der Waals surface area contributed by atoms with Gasteiger partial charge in [0.2, 0.25) is 5.82 Å². The quantitative estimate of drug-likeness (QED) is 0.394. The molecule has 0 unspecified atom stereocenters. The highest BCUT2D eigenvalue weighted by Gasteiger charge is 2.22. The fourth-order valence-corrected chi connectivity index (χ4v) is 2.76. The van der Waals surface area contributed by atoms with Crippen LogP contribution in [-0.2, 0) is 0 Å². The molecular weight excluding hydrogens is 372 g/mol. The largest absolute Gasteiger partial charge is 0.433 e. The van der Waals surface area contributed by atoms with Crippen molar-refractivity contribution in [3.8, 4) is 23.0 Å². The molecule has 2 aromatic heterocycles. The van der Waals surface area contributed by atoms with Crippen LogP contribution in [0.4, 0.5) is 5.88 Å². The summed E-state index contributed by atoms with van der Waals surface area (Å²) in [6, 6.07) is 18.0. The summed E-state index contributed by atoms with van der Waals surface area (Å²) in [5.41, 5.74) is 0.607. The summed E-state index contributed by atoms with van der Waals surface area (Å²) >= 11 is 5.93. The highest BCUT2D eigenvalue weighted by molar-refractivity contribution is 6.30. The number of nitro groups is 1. The minimum absolute atomic E-state index is 0.100. The van der Waals surface area contributed by atoms with Crippen LogP contribution < -0.4 is 5.69 Å². The minimum atomic E-state index is -0.650. The van der Waals surface area contributed by atoms with Gasteiger partial charge >= 0.3 is 11.6 Å². The maximum absolute atomic E-state index is 13.0. The Labute approximate surface area is 157 Å². The van der Waals surface area contributed by atoms with Crippen LogP contribution in [0.3, 0.4) is 0 Å². The Bertz CT molecular complexity index is 1180. The predicted octanol–water partition coefficient (Wildman–Crippen LogP) is 3.84. The van der Waals surface area contributed by atoms with E-state index in [4.69, 9.17) is 16.0 Å². The molecule has 0 radical (unpaired) electrons. The average molecular weight is 383 g/mol. The van der Waals surface area contributed by atoms with E-state index >= 15 is 0 Å². The molecule has 0 saturated heterocycles. The molecule has 0 aliphatic heterocycles. The molecule has 0 aliphatic carbocycles. The summed E-state index contributed by atoms with van der Waals surface area (Å²) in [7, 11) is 0. The van der Waals surface area contributed by atoms with Crippen molar-refractivity contribution in [2.75, 3.05) is 0 Å². The third-order valence-electron chi connectivity index (χ3n) is 3.86. The van der Waals surface area contributed by atoms with Gasteiger partial charge in [-0.25, -0.2) is 9.36 Å². The molecule has 0 aliphatic rings. The SMILES string of the molecule is O=c1n(-c2ccccc2)nc(-c2ccc([N+](=O)[O-])o2)n1-c1ccc(Cl)cc1. The van der Waals surface area contributed by atoms with Gasteiger partial charge < -0.3 is 4.42 Å². The van der Waals surface area contributed by atoms with Crippen molar-refractivity contribution in [3.05, 3.63) is 92.4 Å². The number of nitrogens with zero attached hydrogens (tertiary/aromatic N) is 4. The van der Waals surface area contributed by atoms with E-state index in [1.54, 1.807) is 48.5 Å². The van der Waals surface area contributed by atoms with Crippen molar-refractivity contribution in [2.24, 2.45) is 0 Å². The minimum Gasteiger partial charge on any atom is -0.397 e. The summed E-state index contributed by atoms with van der Waals surface area (Å²) < 4.78 is 7.78. The Kier molecular flexibility index (Phi) is 4.09. The monoisotopic (exact) mass is 382 g/mol. The first kappa shape index (κ1) is 16.8. The van der Waals surface area contributed by atoms with Gasteiger partial charge in [-0.1, -0.05) is 29.8 Å². The van der Waals surface area contributed by atoms with E-state index in [2.05, 4.69) is 5.10 Å². The first-order valence-electron chi connectivity index (χ1n) is 7.82. The molecule has 0 atom stereocenters. The fraction of sp³-hybridized carbons (Fsp3) is 0. The van der Waals surface area contributed by atoms with Crippen molar-refractivity contribution in [2.45, 2.75) is 0 Å². The van der Waals surface area contributed by atoms with E-state index in [-0.39, 0.29) is 11.6 Å². The zero-order valence-corrected chi connectivity index (χ0v) is 14.4. The topological polar surface area (TPSA) is 96.1 Å². The Hall–Kier alpha value is -3.65. The second-order valence-corrected chi connectivity index (χ2v) is 6.00. The molecule has 0 fully saturated rings. The lowest BCUT2D eigenvalue weighted by Gasteiger charge is -2.03. The van der Waals surface area contributed by atoms with Crippen LogP contribution in [0.2, 0.25) is 5.02 Å². The van der Waals surface area contributed by atoms with Gasteiger partial charge in [-0.15, -0.1) is 5.10 Å². The number of aromatic nitrogens is 3. The van der Waals surface area contributed by atoms with E-state index in [0.29, 0.717) is 16.4 Å². The van der Waals surface area contributed by atoms with Gasteiger partial charge in [0.25, 0.3) is 0 Å². The fourth-order valence-electron chi connectivity index (χ4n) is 2.63. The van der Waals surface area contributed by atoms with Crippen molar-refractivity contribution >= 4 is 17.5 Å². The zero-order chi connectivity index (χ0) is 19.0. The second-order valence-electron chi connectivity index (χ2n) is 5.56. The number of hydrogen-bond acceptors (Lipinski definition) is 5. The molecule has 9 heteroatoms. The lowest BCUT2D eigenvalue weighted by atomic mass is 10.3. The molecule has 2 aromatic carbocycles. The van der Waals surface area contributed by atoms with E-state index < -0.39 is 16.5 Å². The van der Waals surface area contributed by atoms with Gasteiger partial charge in [0, 0.05) is 5.02 Å². The van der Waals surface area contributed by atoms with E-state index in [1.165, 1.54) is 21.4 Å². The third-order valence-corrected chi connectivity index (χ3v) is 4.11. The maximum atomic E-state index is 13.0. The summed E-state index contributed by atoms with van der Waals surface area (Å²) in [6.07, 6.45) is 0.